The van der Waals surface area contributed by atoms with E-state index >= 15 is 0 Å². The molecule has 1 unspecified atom stereocenters. The van der Waals surface area contributed by atoms with Crippen LogP contribution in [-0.2, 0) is 9.47 Å². The summed E-state index contributed by atoms with van der Waals surface area (Å²) in [5, 5.41) is 17.5. The molecule has 14 heavy (non-hydrogen) atoms. The van der Waals surface area contributed by atoms with Crippen molar-refractivity contribution in [1.29, 1.82) is 0 Å². The highest BCUT2D eigenvalue weighted by Gasteiger charge is 2.21. The van der Waals surface area contributed by atoms with E-state index in [1.165, 1.54) is 0 Å². The smallest absolute Gasteiger partial charge is 0.0946 e. The zero-order chi connectivity index (χ0) is 10.6. The molecule has 6 N–H and O–H groups in total. The maximum atomic E-state index is 8.75. The first-order chi connectivity index (χ1) is 6.61. The van der Waals surface area contributed by atoms with E-state index in [-0.39, 0.29) is 12.1 Å². The maximum Gasteiger partial charge on any atom is 0.0946 e. The Balaban J connectivity index is 0.000000140. The van der Waals surface area contributed by atoms with Gasteiger partial charge in [-0.25, -0.2) is 0 Å². The summed E-state index contributed by atoms with van der Waals surface area (Å²) >= 11 is 0. The molecule has 0 aromatic carbocycles. The SMILES string of the molecule is N[C@H]1COCC1O.N[C@H]1COC[C@H]1O. The highest BCUT2D eigenvalue weighted by molar-refractivity contribution is 4.76. The fourth-order valence-electron chi connectivity index (χ4n) is 1.12. The molecule has 0 bridgehead atoms. The average molecular weight is 206 g/mol. The normalized spacial score (nSPS) is 42.0. The molecule has 6 heteroatoms. The predicted octanol–water partition coefficient (Wildman–Crippen LogP) is -2.59. The highest BCUT2D eigenvalue weighted by atomic mass is 16.5. The van der Waals surface area contributed by atoms with Crippen LogP contribution in [0.1, 0.15) is 0 Å². The van der Waals surface area contributed by atoms with Gasteiger partial charge in [-0.2, -0.15) is 0 Å². The molecular formula is C8H18N2O4. The Morgan fingerprint density at radius 3 is 1.21 bits per heavy atom. The minimum Gasteiger partial charge on any atom is -0.389 e. The quantitative estimate of drug-likeness (QED) is 0.346. The van der Waals surface area contributed by atoms with Crippen LogP contribution in [0, 0.1) is 0 Å². The van der Waals surface area contributed by atoms with Gasteiger partial charge in [-0.1, -0.05) is 0 Å². The number of ether oxygens (including phenoxy) is 2. The largest absolute Gasteiger partial charge is 0.389 e. The summed E-state index contributed by atoms with van der Waals surface area (Å²) in [5.41, 5.74) is 10.6. The molecule has 4 atom stereocenters. The first kappa shape index (κ1) is 11.8. The van der Waals surface area contributed by atoms with Crippen molar-refractivity contribution in [2.45, 2.75) is 24.3 Å². The third-order valence-electron chi connectivity index (χ3n) is 2.19. The topological polar surface area (TPSA) is 111 Å². The molecule has 2 fully saturated rings. The molecule has 2 aliphatic rings. The molecule has 84 valence electrons. The van der Waals surface area contributed by atoms with Gasteiger partial charge >= 0.3 is 0 Å². The summed E-state index contributed by atoms with van der Waals surface area (Å²) in [6.07, 6.45) is -0.861. The van der Waals surface area contributed by atoms with Crippen molar-refractivity contribution in [3.8, 4) is 0 Å². The van der Waals surface area contributed by atoms with E-state index in [1.54, 1.807) is 0 Å². The Labute approximate surface area is 82.8 Å². The van der Waals surface area contributed by atoms with Gasteiger partial charge in [-0.3, -0.25) is 0 Å². The minimum absolute atomic E-state index is 0.153. The Bertz CT molecular complexity index is 135. The zero-order valence-electron chi connectivity index (χ0n) is 8.00. The molecule has 2 heterocycles. The molecule has 0 aliphatic carbocycles. The molecule has 0 spiro atoms. The van der Waals surface area contributed by atoms with Gasteiger partial charge in [-0.05, 0) is 0 Å². The number of hydrogen-bond acceptors (Lipinski definition) is 6. The van der Waals surface area contributed by atoms with Crippen molar-refractivity contribution in [3.05, 3.63) is 0 Å². The van der Waals surface area contributed by atoms with Crippen LogP contribution in [0.15, 0.2) is 0 Å². The van der Waals surface area contributed by atoms with Crippen LogP contribution >= 0.6 is 0 Å². The number of rotatable bonds is 0. The number of hydrogen-bond donors (Lipinski definition) is 4. The summed E-state index contributed by atoms with van der Waals surface area (Å²) in [7, 11) is 0. The molecule has 2 saturated heterocycles. The van der Waals surface area contributed by atoms with Crippen LogP contribution in [0.3, 0.4) is 0 Å². The van der Waals surface area contributed by atoms with Crippen molar-refractivity contribution in [3.63, 3.8) is 0 Å². The Morgan fingerprint density at radius 1 is 0.786 bits per heavy atom. The zero-order valence-corrected chi connectivity index (χ0v) is 8.00. The molecule has 6 nitrogen and oxygen atoms in total. The second-order valence-electron chi connectivity index (χ2n) is 3.54. The lowest BCUT2D eigenvalue weighted by atomic mass is 10.2. The molecule has 0 aromatic heterocycles. The molecule has 2 rings (SSSR count). The standard InChI is InChI=1S/2C4H9NO2/c2*5-3-1-7-2-4(3)6/h2*3-4,6H,1-2,5H2/t3-,4?;3-,4+/m00/s1. The third-order valence-corrected chi connectivity index (χ3v) is 2.19. The lowest BCUT2D eigenvalue weighted by Crippen LogP contribution is -2.32. The van der Waals surface area contributed by atoms with Crippen LogP contribution in [0.4, 0.5) is 0 Å². The summed E-state index contributed by atoms with van der Waals surface area (Å²) in [6, 6.07) is -0.306. The van der Waals surface area contributed by atoms with Crippen molar-refractivity contribution in [2.24, 2.45) is 11.5 Å². The lowest BCUT2D eigenvalue weighted by molar-refractivity contribution is 0.125. The first-order valence-electron chi connectivity index (χ1n) is 4.64. The van der Waals surface area contributed by atoms with E-state index in [0.29, 0.717) is 26.4 Å². The van der Waals surface area contributed by atoms with Gasteiger partial charge < -0.3 is 31.2 Å². The van der Waals surface area contributed by atoms with E-state index in [9.17, 15) is 0 Å². The fraction of sp³-hybridized carbons (Fsp3) is 1.00. The van der Waals surface area contributed by atoms with Crippen LogP contribution < -0.4 is 11.5 Å². The monoisotopic (exact) mass is 206 g/mol. The fourth-order valence-corrected chi connectivity index (χ4v) is 1.12. The molecule has 0 aromatic rings. The second-order valence-corrected chi connectivity index (χ2v) is 3.54. The number of nitrogens with two attached hydrogens (primary N) is 2. The molecule has 0 amide bonds. The van der Waals surface area contributed by atoms with E-state index in [4.69, 9.17) is 31.2 Å². The van der Waals surface area contributed by atoms with Gasteiger partial charge in [0, 0.05) is 0 Å². The molecule has 0 saturated carbocycles. The van der Waals surface area contributed by atoms with Crippen molar-refractivity contribution in [1.82, 2.24) is 0 Å². The summed E-state index contributed by atoms with van der Waals surface area (Å²) < 4.78 is 9.59. The second kappa shape index (κ2) is 5.59. The van der Waals surface area contributed by atoms with Gasteiger partial charge in [0.1, 0.15) is 0 Å². The number of aliphatic hydroxyl groups excluding tert-OH is 2. The van der Waals surface area contributed by atoms with Crippen LogP contribution in [0.2, 0.25) is 0 Å². The Morgan fingerprint density at radius 2 is 1.14 bits per heavy atom. The van der Waals surface area contributed by atoms with E-state index in [0.717, 1.165) is 0 Å². The van der Waals surface area contributed by atoms with Crippen LogP contribution in [-0.4, -0.2) is 60.9 Å². The van der Waals surface area contributed by atoms with Crippen molar-refractivity contribution in [2.75, 3.05) is 26.4 Å². The predicted molar refractivity (Wildman–Crippen MR) is 49.6 cm³/mol. The Kier molecular flexibility index (Phi) is 4.73. The van der Waals surface area contributed by atoms with Gasteiger partial charge in [0.25, 0.3) is 0 Å². The van der Waals surface area contributed by atoms with E-state index in [1.807, 2.05) is 0 Å². The maximum absolute atomic E-state index is 8.75. The van der Waals surface area contributed by atoms with Gasteiger partial charge in [0.2, 0.25) is 0 Å². The lowest BCUT2D eigenvalue weighted by Gasteiger charge is -2.01. The van der Waals surface area contributed by atoms with Crippen molar-refractivity contribution >= 4 is 0 Å². The summed E-state index contributed by atoms with van der Waals surface area (Å²) in [5.74, 6) is 0. The molecule has 2 aliphatic heterocycles. The van der Waals surface area contributed by atoms with Crippen LogP contribution in [0.5, 0.6) is 0 Å². The molecular weight excluding hydrogens is 188 g/mol. The van der Waals surface area contributed by atoms with Gasteiger partial charge in [-0.15, -0.1) is 0 Å². The summed E-state index contributed by atoms with van der Waals surface area (Å²) in [4.78, 5) is 0. The average Bonchev–Trinajstić information content (AvgIpc) is 2.67. The van der Waals surface area contributed by atoms with Crippen molar-refractivity contribution < 1.29 is 19.7 Å². The first-order valence-corrected chi connectivity index (χ1v) is 4.64. The van der Waals surface area contributed by atoms with Gasteiger partial charge in [0.05, 0.1) is 50.7 Å². The highest BCUT2D eigenvalue weighted by Crippen LogP contribution is 2.00. The minimum atomic E-state index is -0.431. The van der Waals surface area contributed by atoms with E-state index in [2.05, 4.69) is 0 Å². The Hall–Kier alpha value is -0.240. The van der Waals surface area contributed by atoms with Gasteiger partial charge in [0.15, 0.2) is 0 Å². The van der Waals surface area contributed by atoms with E-state index < -0.39 is 12.2 Å². The van der Waals surface area contributed by atoms with Crippen LogP contribution in [0.25, 0.3) is 0 Å². The number of aliphatic hydroxyl groups is 2. The molecule has 0 radical (unpaired) electrons. The third kappa shape index (κ3) is 3.49. The summed E-state index contributed by atoms with van der Waals surface area (Å²) in [6.45, 7) is 1.81.